The number of aromatic nitrogens is 2. The number of benzene rings is 1. The highest BCUT2D eigenvalue weighted by Crippen LogP contribution is 2.40. The molecule has 2 aromatic rings. The second-order valence-electron chi connectivity index (χ2n) is 7.32. The quantitative estimate of drug-likeness (QED) is 0.814. The average Bonchev–Trinajstić information content (AvgIpc) is 3.01. The van der Waals surface area contributed by atoms with Crippen molar-refractivity contribution in [1.82, 2.24) is 20.0 Å². The fourth-order valence-electron chi connectivity index (χ4n) is 3.90. The van der Waals surface area contributed by atoms with Gasteiger partial charge in [-0.3, -0.25) is 0 Å². The summed E-state index contributed by atoms with van der Waals surface area (Å²) < 4.78 is 41.8. The van der Waals surface area contributed by atoms with Crippen molar-refractivity contribution >= 4 is 5.82 Å². The van der Waals surface area contributed by atoms with Gasteiger partial charge in [0.15, 0.2) is 0 Å². The molecule has 0 saturated carbocycles. The van der Waals surface area contributed by atoms with Gasteiger partial charge in [0.1, 0.15) is 5.82 Å². The van der Waals surface area contributed by atoms with Gasteiger partial charge in [-0.25, -0.2) is 4.68 Å². The van der Waals surface area contributed by atoms with Gasteiger partial charge in [-0.15, -0.1) is 0 Å². The first-order valence-electron chi connectivity index (χ1n) is 9.29. The standard InChI is InChI=1S/C20H23F3N4/c1-13-3-6-19(26-9-7-24-8-10-26)27-18(11-14(2)25-27)17-12-15(20(21,22)23)4-5-16(13)17/h4-6,11-13,24H,3,7-10H2,1-2H3. The minimum absolute atomic E-state index is 0.129. The molecule has 0 spiro atoms. The first kappa shape index (κ1) is 18.1. The topological polar surface area (TPSA) is 33.1 Å². The van der Waals surface area contributed by atoms with Gasteiger partial charge in [-0.1, -0.05) is 13.0 Å². The minimum Gasteiger partial charge on any atom is -0.354 e. The average molecular weight is 376 g/mol. The van der Waals surface area contributed by atoms with E-state index in [1.807, 2.05) is 17.7 Å². The largest absolute Gasteiger partial charge is 0.416 e. The van der Waals surface area contributed by atoms with E-state index in [9.17, 15) is 13.2 Å². The zero-order valence-electron chi connectivity index (χ0n) is 15.5. The Labute approximate surface area is 156 Å². The highest BCUT2D eigenvalue weighted by atomic mass is 19.4. The lowest BCUT2D eigenvalue weighted by molar-refractivity contribution is -0.137. The molecular formula is C20H23F3N4. The molecule has 4 nitrogen and oxygen atoms in total. The molecule has 2 aliphatic heterocycles. The van der Waals surface area contributed by atoms with E-state index < -0.39 is 11.7 Å². The van der Waals surface area contributed by atoms with Crippen molar-refractivity contribution in [1.29, 1.82) is 0 Å². The van der Waals surface area contributed by atoms with Gasteiger partial charge < -0.3 is 10.2 Å². The smallest absolute Gasteiger partial charge is 0.354 e. The summed E-state index contributed by atoms with van der Waals surface area (Å²) in [7, 11) is 0. The molecule has 3 heterocycles. The van der Waals surface area contributed by atoms with Crippen LogP contribution in [0.15, 0.2) is 30.3 Å². The number of halogens is 3. The number of hydrogen-bond donors (Lipinski definition) is 1. The lowest BCUT2D eigenvalue weighted by Gasteiger charge is -2.33. The Hall–Kier alpha value is -2.28. The molecule has 1 aromatic carbocycles. The van der Waals surface area contributed by atoms with Crippen molar-refractivity contribution in [3.63, 3.8) is 0 Å². The first-order chi connectivity index (χ1) is 12.8. The van der Waals surface area contributed by atoms with Crippen LogP contribution in [-0.4, -0.2) is 40.9 Å². The Balaban J connectivity index is 1.89. The lowest BCUT2D eigenvalue weighted by atomic mass is 9.89. The number of rotatable bonds is 1. The van der Waals surface area contributed by atoms with Gasteiger partial charge in [0.05, 0.1) is 17.0 Å². The highest BCUT2D eigenvalue weighted by molar-refractivity contribution is 5.71. The van der Waals surface area contributed by atoms with Crippen LogP contribution in [0.5, 0.6) is 0 Å². The summed E-state index contributed by atoms with van der Waals surface area (Å²) >= 11 is 0. The lowest BCUT2D eigenvalue weighted by Crippen LogP contribution is -2.43. The number of piperazine rings is 1. The molecule has 27 heavy (non-hydrogen) atoms. The van der Waals surface area contributed by atoms with Crippen LogP contribution in [0.3, 0.4) is 0 Å². The SMILES string of the molecule is Cc1cc2n(n1)C(N1CCNCC1)=CCC(C)c1ccc(C(F)(F)F)cc1-2. The van der Waals surface area contributed by atoms with Gasteiger partial charge >= 0.3 is 6.18 Å². The number of nitrogens with zero attached hydrogens (tertiary/aromatic N) is 3. The van der Waals surface area contributed by atoms with Crippen LogP contribution in [0.2, 0.25) is 0 Å². The van der Waals surface area contributed by atoms with Gasteiger partial charge in [0.2, 0.25) is 0 Å². The molecule has 1 unspecified atom stereocenters. The second-order valence-corrected chi connectivity index (χ2v) is 7.32. The van der Waals surface area contributed by atoms with E-state index in [4.69, 9.17) is 0 Å². The summed E-state index contributed by atoms with van der Waals surface area (Å²) in [6.07, 6.45) is -1.43. The summed E-state index contributed by atoms with van der Waals surface area (Å²) in [5, 5.41) is 7.97. The van der Waals surface area contributed by atoms with Crippen LogP contribution in [0.1, 0.15) is 36.1 Å². The maximum absolute atomic E-state index is 13.3. The summed E-state index contributed by atoms with van der Waals surface area (Å²) in [5.41, 5.74) is 2.46. The van der Waals surface area contributed by atoms with E-state index in [1.54, 1.807) is 6.07 Å². The maximum atomic E-state index is 13.3. The summed E-state index contributed by atoms with van der Waals surface area (Å²) in [5.74, 6) is 1.10. The number of hydrogen-bond acceptors (Lipinski definition) is 3. The van der Waals surface area contributed by atoms with Gasteiger partial charge in [0, 0.05) is 31.7 Å². The van der Waals surface area contributed by atoms with E-state index in [-0.39, 0.29) is 5.92 Å². The van der Waals surface area contributed by atoms with Crippen molar-refractivity contribution in [2.24, 2.45) is 0 Å². The van der Waals surface area contributed by atoms with Crippen molar-refractivity contribution in [2.75, 3.05) is 26.2 Å². The van der Waals surface area contributed by atoms with E-state index >= 15 is 0 Å². The molecule has 0 aliphatic carbocycles. The number of fused-ring (bicyclic) bond motifs is 3. The number of alkyl halides is 3. The Morgan fingerprint density at radius 1 is 1.15 bits per heavy atom. The summed E-state index contributed by atoms with van der Waals surface area (Å²) in [4.78, 5) is 2.26. The van der Waals surface area contributed by atoms with Gasteiger partial charge in [-0.05, 0) is 49.1 Å². The monoisotopic (exact) mass is 376 g/mol. The molecular weight excluding hydrogens is 353 g/mol. The molecule has 2 aliphatic rings. The zero-order chi connectivity index (χ0) is 19.2. The number of nitrogens with one attached hydrogen (secondary N) is 1. The zero-order valence-corrected chi connectivity index (χ0v) is 15.5. The Kier molecular flexibility index (Phi) is 4.50. The van der Waals surface area contributed by atoms with Crippen molar-refractivity contribution in [2.45, 2.75) is 32.4 Å². The highest BCUT2D eigenvalue weighted by Gasteiger charge is 2.33. The Bertz CT molecular complexity index is 876. The van der Waals surface area contributed by atoms with Crippen LogP contribution >= 0.6 is 0 Å². The van der Waals surface area contributed by atoms with Crippen LogP contribution in [-0.2, 0) is 6.18 Å². The third-order valence-electron chi connectivity index (χ3n) is 5.33. The molecule has 144 valence electrons. The molecule has 0 bridgehead atoms. The molecule has 1 N–H and O–H groups in total. The molecule has 1 aromatic heterocycles. The second kappa shape index (κ2) is 6.71. The van der Waals surface area contributed by atoms with E-state index in [0.29, 0.717) is 5.56 Å². The van der Waals surface area contributed by atoms with Crippen LogP contribution < -0.4 is 5.32 Å². The predicted molar refractivity (Wildman–Crippen MR) is 99.1 cm³/mol. The fourth-order valence-corrected chi connectivity index (χ4v) is 3.90. The molecule has 1 fully saturated rings. The Morgan fingerprint density at radius 3 is 2.59 bits per heavy atom. The van der Waals surface area contributed by atoms with Crippen LogP contribution in [0, 0.1) is 6.92 Å². The molecule has 4 rings (SSSR count). The van der Waals surface area contributed by atoms with Crippen molar-refractivity contribution in [3.05, 3.63) is 47.2 Å². The van der Waals surface area contributed by atoms with E-state index in [2.05, 4.69) is 28.3 Å². The molecule has 7 heteroatoms. The Morgan fingerprint density at radius 2 is 1.89 bits per heavy atom. The maximum Gasteiger partial charge on any atom is 0.416 e. The summed E-state index contributed by atoms with van der Waals surface area (Å²) in [6.45, 7) is 7.43. The predicted octanol–water partition coefficient (Wildman–Crippen LogP) is 4.09. The van der Waals surface area contributed by atoms with E-state index in [1.165, 1.54) is 12.1 Å². The normalized spacial score (nSPS) is 20.4. The van der Waals surface area contributed by atoms with Crippen LogP contribution in [0.4, 0.5) is 13.2 Å². The van der Waals surface area contributed by atoms with Gasteiger partial charge in [0.25, 0.3) is 0 Å². The van der Waals surface area contributed by atoms with Crippen molar-refractivity contribution < 1.29 is 13.2 Å². The molecule has 1 saturated heterocycles. The summed E-state index contributed by atoms with van der Waals surface area (Å²) in [6, 6.07) is 5.97. The van der Waals surface area contributed by atoms with Gasteiger partial charge in [-0.2, -0.15) is 18.3 Å². The van der Waals surface area contributed by atoms with Crippen LogP contribution in [0.25, 0.3) is 17.1 Å². The number of allylic oxidation sites excluding steroid dienone is 1. The molecule has 1 atom stereocenters. The molecule has 0 radical (unpaired) electrons. The van der Waals surface area contributed by atoms with E-state index in [0.717, 1.165) is 55.4 Å². The third kappa shape index (κ3) is 3.36. The third-order valence-corrected chi connectivity index (χ3v) is 5.33. The van der Waals surface area contributed by atoms with Crippen molar-refractivity contribution in [3.8, 4) is 11.3 Å². The molecule has 0 amide bonds. The number of aryl methyl sites for hydroxylation is 1. The fraction of sp³-hybridized carbons (Fsp3) is 0.450. The first-order valence-corrected chi connectivity index (χ1v) is 9.29. The minimum atomic E-state index is -4.36.